The topological polar surface area (TPSA) is 0 Å². The third-order valence-electron chi connectivity index (χ3n) is 3.01. The number of hydrogen-bond donors (Lipinski definition) is 0. The maximum Gasteiger partial charge on any atom is 2.00 e. The van der Waals surface area contributed by atoms with Crippen molar-refractivity contribution in [3.05, 3.63) is 95.0 Å². The van der Waals surface area contributed by atoms with E-state index in [1.165, 1.54) is 11.1 Å². The Morgan fingerprint density at radius 3 is 1.23 bits per heavy atom. The summed E-state index contributed by atoms with van der Waals surface area (Å²) in [6, 6.07) is 26.3. The van der Waals surface area contributed by atoms with Crippen LogP contribution in [0.3, 0.4) is 0 Å². The minimum absolute atomic E-state index is 0. The molecule has 0 atom stereocenters. The van der Waals surface area contributed by atoms with Gasteiger partial charge in [0.15, 0.2) is 0 Å². The summed E-state index contributed by atoms with van der Waals surface area (Å²) >= 11 is 5.54. The first-order valence-corrected chi connectivity index (χ1v) is 7.75. The summed E-state index contributed by atoms with van der Waals surface area (Å²) in [5.74, 6) is 0. The summed E-state index contributed by atoms with van der Waals surface area (Å²) in [5.41, 5.74) is 2.86. The molecule has 3 rings (SSSR count). The molecule has 0 radical (unpaired) electrons. The van der Waals surface area contributed by atoms with Crippen LogP contribution in [0.4, 0.5) is 0 Å². The first-order valence-electron chi connectivity index (χ1n) is 7.38. The van der Waals surface area contributed by atoms with Gasteiger partial charge in [-0.15, -0.1) is 0 Å². The summed E-state index contributed by atoms with van der Waals surface area (Å²) < 4.78 is 0. The molecular formula is C20H23ClZr. The van der Waals surface area contributed by atoms with Crippen molar-refractivity contribution in [1.82, 2.24) is 0 Å². The van der Waals surface area contributed by atoms with E-state index in [1.807, 2.05) is 30.3 Å². The second-order valence-electron chi connectivity index (χ2n) is 4.59. The van der Waals surface area contributed by atoms with E-state index < -0.39 is 0 Å². The summed E-state index contributed by atoms with van der Waals surface area (Å²) in [4.78, 5) is 0. The Morgan fingerprint density at radius 1 is 0.682 bits per heavy atom. The van der Waals surface area contributed by atoms with Crippen molar-refractivity contribution >= 4 is 11.6 Å². The monoisotopic (exact) mass is 388 g/mol. The maximum absolute atomic E-state index is 5.54. The molecule has 0 saturated heterocycles. The van der Waals surface area contributed by atoms with E-state index in [2.05, 4.69) is 62.4 Å². The molecular weight excluding hydrogens is 367 g/mol. The molecule has 114 valence electrons. The van der Waals surface area contributed by atoms with Gasteiger partial charge in [-0.1, -0.05) is 56.5 Å². The van der Waals surface area contributed by atoms with Crippen molar-refractivity contribution in [1.29, 1.82) is 0 Å². The molecule has 0 heterocycles. The number of halogens is 1. The second kappa shape index (κ2) is 13.7. The Hall–Kier alpha value is -0.907. The number of rotatable bonds is 2. The zero-order valence-electron chi connectivity index (χ0n) is 13.3. The van der Waals surface area contributed by atoms with Gasteiger partial charge in [0.1, 0.15) is 0 Å². The van der Waals surface area contributed by atoms with E-state index in [-0.39, 0.29) is 26.2 Å². The number of aryl methyl sites for hydroxylation is 2. The summed E-state index contributed by atoms with van der Waals surface area (Å²) in [6.07, 6.45) is 2.32. The van der Waals surface area contributed by atoms with E-state index in [1.54, 1.807) is 0 Å². The fraction of sp³-hybridized carbons (Fsp3) is 0.200. The predicted molar refractivity (Wildman–Crippen MR) is 94.3 cm³/mol. The average Bonchev–Trinajstić information content (AvgIpc) is 3.22. The minimum Gasteiger partial charge on any atom is -0.213 e. The Kier molecular flexibility index (Phi) is 13.2. The van der Waals surface area contributed by atoms with Crippen molar-refractivity contribution in [2.75, 3.05) is 0 Å². The Labute approximate surface area is 159 Å². The van der Waals surface area contributed by atoms with Crippen LogP contribution in [0.5, 0.6) is 0 Å². The summed E-state index contributed by atoms with van der Waals surface area (Å²) in [5, 5.41) is 0.794. The second-order valence-corrected chi connectivity index (χ2v) is 5.03. The number of hydrogen-bond acceptors (Lipinski definition) is 0. The smallest absolute Gasteiger partial charge is 0.213 e. The van der Waals surface area contributed by atoms with Gasteiger partial charge in [-0.25, -0.2) is 24.3 Å². The van der Waals surface area contributed by atoms with Crippen molar-refractivity contribution in [3.8, 4) is 0 Å². The molecule has 0 unspecified atom stereocenters. The van der Waals surface area contributed by atoms with Crippen molar-refractivity contribution in [2.24, 2.45) is 0 Å². The minimum atomic E-state index is 0. The van der Waals surface area contributed by atoms with E-state index in [9.17, 15) is 0 Å². The van der Waals surface area contributed by atoms with Gasteiger partial charge in [-0.2, -0.15) is 35.4 Å². The number of benzene rings is 1. The normalized spacial score (nSPS) is 8.68. The Morgan fingerprint density at radius 2 is 1.05 bits per heavy atom. The van der Waals surface area contributed by atoms with Gasteiger partial charge < -0.3 is 0 Å². The molecule has 0 amide bonds. The van der Waals surface area contributed by atoms with Gasteiger partial charge >= 0.3 is 26.2 Å². The molecule has 0 nitrogen and oxygen atoms in total. The zero-order chi connectivity index (χ0) is 15.3. The van der Waals surface area contributed by atoms with Crippen LogP contribution in [0, 0.1) is 0 Å². The molecule has 0 N–H and O–H groups in total. The molecule has 0 fully saturated rings. The van der Waals surface area contributed by atoms with Gasteiger partial charge in [0.05, 0.1) is 0 Å². The van der Waals surface area contributed by atoms with Crippen LogP contribution in [0.2, 0.25) is 5.02 Å². The van der Waals surface area contributed by atoms with E-state index in [0.29, 0.717) is 0 Å². The SMILES string of the molecule is CC[c-]1cccc1.CC[c-]1cccc1.Clc1ccccc1.[Zr+2]. The van der Waals surface area contributed by atoms with Crippen molar-refractivity contribution in [2.45, 2.75) is 26.7 Å². The maximum atomic E-state index is 5.54. The van der Waals surface area contributed by atoms with E-state index in [0.717, 1.165) is 17.9 Å². The van der Waals surface area contributed by atoms with Gasteiger partial charge in [-0.3, -0.25) is 0 Å². The quantitative estimate of drug-likeness (QED) is 0.453. The third-order valence-corrected chi connectivity index (χ3v) is 3.27. The molecule has 22 heavy (non-hydrogen) atoms. The molecule has 2 heteroatoms. The van der Waals surface area contributed by atoms with Gasteiger partial charge in [0.2, 0.25) is 0 Å². The molecule has 0 aliphatic rings. The fourth-order valence-electron chi connectivity index (χ4n) is 1.71. The van der Waals surface area contributed by atoms with E-state index in [4.69, 9.17) is 11.6 Å². The van der Waals surface area contributed by atoms with Crippen molar-refractivity contribution < 1.29 is 26.2 Å². The molecule has 3 aromatic rings. The van der Waals surface area contributed by atoms with E-state index >= 15 is 0 Å². The molecule has 0 bridgehead atoms. The molecule has 0 spiro atoms. The first kappa shape index (κ1) is 21.1. The first-order chi connectivity index (χ1) is 10.3. The van der Waals surface area contributed by atoms with Crippen LogP contribution in [0.25, 0.3) is 0 Å². The van der Waals surface area contributed by atoms with Crippen molar-refractivity contribution in [3.63, 3.8) is 0 Å². The predicted octanol–water partition coefficient (Wildman–Crippen LogP) is 6.27. The van der Waals surface area contributed by atoms with Crippen LogP contribution in [0.15, 0.2) is 78.9 Å². The van der Waals surface area contributed by atoms with Crippen LogP contribution >= 0.6 is 11.6 Å². The van der Waals surface area contributed by atoms with Crippen LogP contribution < -0.4 is 0 Å². The molecule has 0 aliphatic heterocycles. The molecule has 0 aliphatic carbocycles. The standard InChI is InChI=1S/2C7H9.C6H5Cl.Zr/c2*1-2-7-5-3-4-6-7;7-6-4-2-1-3-5-6;/h2*3-6H,2H2,1H3;1-5H;/q2*-1;;+2. The molecule has 0 saturated carbocycles. The van der Waals surface area contributed by atoms with Crippen LogP contribution in [-0.2, 0) is 39.0 Å². The third kappa shape index (κ3) is 9.93. The average molecular weight is 390 g/mol. The van der Waals surface area contributed by atoms with Gasteiger partial charge in [-0.05, 0) is 12.1 Å². The van der Waals surface area contributed by atoms with Gasteiger partial charge in [0, 0.05) is 5.02 Å². The van der Waals surface area contributed by atoms with Gasteiger partial charge in [0.25, 0.3) is 0 Å². The Balaban J connectivity index is 0.000000294. The summed E-state index contributed by atoms with van der Waals surface area (Å²) in [6.45, 7) is 4.32. The fourth-order valence-corrected chi connectivity index (χ4v) is 1.86. The zero-order valence-corrected chi connectivity index (χ0v) is 16.5. The Bertz CT molecular complexity index is 504. The largest absolute Gasteiger partial charge is 2.00 e. The van der Waals surface area contributed by atoms with Crippen LogP contribution in [0.1, 0.15) is 25.0 Å². The summed E-state index contributed by atoms with van der Waals surface area (Å²) in [7, 11) is 0. The molecule has 3 aromatic carbocycles. The molecule has 0 aromatic heterocycles. The van der Waals surface area contributed by atoms with Crippen LogP contribution in [-0.4, -0.2) is 0 Å².